The molecule has 4 nitrogen and oxygen atoms in total. The second-order valence-electron chi connectivity index (χ2n) is 6.64. The lowest BCUT2D eigenvalue weighted by Gasteiger charge is -2.28. The summed E-state index contributed by atoms with van der Waals surface area (Å²) in [6.45, 7) is 1.81. The first-order chi connectivity index (χ1) is 11.2. The van der Waals surface area contributed by atoms with Crippen LogP contribution in [-0.4, -0.2) is 38.3 Å². The van der Waals surface area contributed by atoms with Gasteiger partial charge < -0.3 is 0 Å². The predicted molar refractivity (Wildman–Crippen MR) is 92.0 cm³/mol. The highest BCUT2D eigenvalue weighted by Gasteiger charge is 2.40. The Morgan fingerprint density at radius 3 is 2.48 bits per heavy atom. The number of hydrogen-bond donors (Lipinski definition) is 0. The second kappa shape index (κ2) is 6.42. The zero-order chi connectivity index (χ0) is 15.8. The largest absolute Gasteiger partial charge is 0.297 e. The predicted octanol–water partition coefficient (Wildman–Crippen LogP) is 4.00. The molecule has 2 aliphatic rings. The van der Waals surface area contributed by atoms with Gasteiger partial charge in [-0.25, -0.2) is 4.98 Å². The third-order valence-corrected chi connectivity index (χ3v) is 5.30. The number of aromatic nitrogens is 3. The molecular weight excluding hydrogens is 331 g/mol. The topological polar surface area (TPSA) is 34.0 Å². The van der Waals surface area contributed by atoms with Gasteiger partial charge in [0.05, 0.1) is 6.54 Å². The minimum absolute atomic E-state index is 0.294. The highest BCUT2D eigenvalue weighted by molar-refractivity contribution is 6.35. The molecule has 0 bridgehead atoms. The first kappa shape index (κ1) is 15.4. The minimum Gasteiger partial charge on any atom is -0.297 e. The quantitative estimate of drug-likeness (QED) is 0.756. The molecule has 1 heterocycles. The van der Waals surface area contributed by atoms with Crippen molar-refractivity contribution >= 4 is 23.2 Å². The van der Waals surface area contributed by atoms with Crippen LogP contribution < -0.4 is 0 Å². The van der Waals surface area contributed by atoms with Crippen LogP contribution >= 0.6 is 23.2 Å². The molecule has 0 amide bonds. The highest BCUT2D eigenvalue weighted by Crippen LogP contribution is 2.40. The van der Waals surface area contributed by atoms with Gasteiger partial charge in [0.25, 0.3) is 0 Å². The zero-order valence-electron chi connectivity index (χ0n) is 12.9. The molecule has 2 fully saturated rings. The Labute approximate surface area is 146 Å². The molecule has 0 saturated heterocycles. The van der Waals surface area contributed by atoms with Crippen molar-refractivity contribution in [1.29, 1.82) is 0 Å². The van der Waals surface area contributed by atoms with Crippen LogP contribution in [0.15, 0.2) is 30.9 Å². The fourth-order valence-corrected chi connectivity index (χ4v) is 3.87. The van der Waals surface area contributed by atoms with E-state index in [-0.39, 0.29) is 0 Å². The smallest absolute Gasteiger partial charge is 0.137 e. The van der Waals surface area contributed by atoms with Crippen LogP contribution in [0.2, 0.25) is 10.0 Å². The minimum atomic E-state index is 0.294. The maximum Gasteiger partial charge on any atom is 0.137 e. The van der Waals surface area contributed by atoms with Crippen LogP contribution in [0.1, 0.15) is 37.2 Å². The van der Waals surface area contributed by atoms with Crippen molar-refractivity contribution in [3.63, 3.8) is 0 Å². The summed E-state index contributed by atoms with van der Waals surface area (Å²) < 4.78 is 1.90. The van der Waals surface area contributed by atoms with Crippen LogP contribution in [0.4, 0.5) is 0 Å². The normalized spacial score (nSPS) is 19.3. The van der Waals surface area contributed by atoms with E-state index in [0.29, 0.717) is 10.9 Å². The second-order valence-corrected chi connectivity index (χ2v) is 7.48. The SMILES string of the molecule is Clc1ccc(C(CN(C2CC2)C2CC2)Cn2cncn2)c(Cl)c1. The van der Waals surface area contributed by atoms with E-state index in [1.807, 2.05) is 16.8 Å². The van der Waals surface area contributed by atoms with E-state index in [2.05, 4.69) is 21.0 Å². The molecule has 1 aromatic heterocycles. The summed E-state index contributed by atoms with van der Waals surface area (Å²) in [6.07, 6.45) is 8.69. The van der Waals surface area contributed by atoms with Gasteiger partial charge in [-0.1, -0.05) is 29.3 Å². The van der Waals surface area contributed by atoms with Crippen LogP contribution in [0.25, 0.3) is 0 Å². The Balaban J connectivity index is 1.59. The average molecular weight is 351 g/mol. The molecule has 1 unspecified atom stereocenters. The lowest BCUT2D eigenvalue weighted by molar-refractivity contribution is 0.226. The lowest BCUT2D eigenvalue weighted by Crippen LogP contribution is -2.34. The summed E-state index contributed by atoms with van der Waals surface area (Å²) in [7, 11) is 0. The fourth-order valence-electron chi connectivity index (χ4n) is 3.30. The molecule has 0 N–H and O–H groups in total. The molecule has 1 atom stereocenters. The molecule has 6 heteroatoms. The number of halogens is 2. The maximum absolute atomic E-state index is 6.49. The van der Waals surface area contributed by atoms with Crippen molar-refractivity contribution in [2.24, 2.45) is 0 Å². The van der Waals surface area contributed by atoms with Crippen molar-refractivity contribution in [2.45, 2.75) is 50.2 Å². The van der Waals surface area contributed by atoms with E-state index in [4.69, 9.17) is 23.2 Å². The van der Waals surface area contributed by atoms with Crippen molar-refractivity contribution < 1.29 is 0 Å². The first-order valence-corrected chi connectivity index (χ1v) is 8.99. The molecule has 122 valence electrons. The van der Waals surface area contributed by atoms with Gasteiger partial charge in [-0.2, -0.15) is 5.10 Å². The number of rotatable bonds is 7. The monoisotopic (exact) mass is 350 g/mol. The molecule has 0 aliphatic heterocycles. The fraction of sp³-hybridized carbons (Fsp3) is 0.529. The summed E-state index contributed by atoms with van der Waals surface area (Å²) >= 11 is 12.6. The Morgan fingerprint density at radius 1 is 1.17 bits per heavy atom. The molecule has 1 aromatic carbocycles. The molecule has 2 aromatic rings. The average Bonchev–Trinajstić information content (AvgIpc) is 3.44. The molecule has 2 saturated carbocycles. The van der Waals surface area contributed by atoms with Crippen LogP contribution in [0.3, 0.4) is 0 Å². The summed E-state index contributed by atoms with van der Waals surface area (Å²) in [5, 5.41) is 5.70. The van der Waals surface area contributed by atoms with Gasteiger partial charge in [0.2, 0.25) is 0 Å². The van der Waals surface area contributed by atoms with E-state index in [1.54, 1.807) is 12.7 Å². The van der Waals surface area contributed by atoms with Crippen LogP contribution in [0, 0.1) is 0 Å². The lowest BCUT2D eigenvalue weighted by atomic mass is 9.98. The van der Waals surface area contributed by atoms with Gasteiger partial charge in [0.15, 0.2) is 0 Å². The first-order valence-electron chi connectivity index (χ1n) is 8.24. The Hall–Kier alpha value is -1.10. The van der Waals surface area contributed by atoms with Gasteiger partial charge in [0, 0.05) is 34.6 Å². The van der Waals surface area contributed by atoms with Gasteiger partial charge in [-0.15, -0.1) is 0 Å². The van der Waals surface area contributed by atoms with Gasteiger partial charge in [0.1, 0.15) is 12.7 Å². The number of nitrogens with zero attached hydrogens (tertiary/aromatic N) is 4. The third kappa shape index (κ3) is 3.70. The summed E-state index contributed by atoms with van der Waals surface area (Å²) in [5.74, 6) is 0.294. The molecule has 0 radical (unpaired) electrons. The summed E-state index contributed by atoms with van der Waals surface area (Å²) in [5.41, 5.74) is 1.15. The molecule has 23 heavy (non-hydrogen) atoms. The molecular formula is C17H20Cl2N4. The Bertz CT molecular complexity index is 653. The van der Waals surface area contributed by atoms with Crippen molar-refractivity contribution in [1.82, 2.24) is 19.7 Å². The highest BCUT2D eigenvalue weighted by atomic mass is 35.5. The van der Waals surface area contributed by atoms with Crippen LogP contribution in [0.5, 0.6) is 0 Å². The van der Waals surface area contributed by atoms with E-state index in [0.717, 1.165) is 35.8 Å². The van der Waals surface area contributed by atoms with E-state index >= 15 is 0 Å². The van der Waals surface area contributed by atoms with Gasteiger partial charge >= 0.3 is 0 Å². The van der Waals surface area contributed by atoms with Gasteiger partial charge in [-0.3, -0.25) is 9.58 Å². The molecule has 0 spiro atoms. The van der Waals surface area contributed by atoms with Crippen molar-refractivity contribution in [2.75, 3.05) is 6.54 Å². The summed E-state index contributed by atoms with van der Waals surface area (Å²) in [4.78, 5) is 6.75. The molecule has 2 aliphatic carbocycles. The standard InChI is InChI=1S/C17H20Cl2N4/c18-13-1-6-16(17(19)7-13)12(8-22-11-20-10-21-22)9-23(14-2-3-14)15-4-5-15/h1,6-7,10-12,14-15H,2-5,8-9H2. The van der Waals surface area contributed by atoms with E-state index in [9.17, 15) is 0 Å². The van der Waals surface area contributed by atoms with Crippen molar-refractivity contribution in [3.8, 4) is 0 Å². The zero-order valence-corrected chi connectivity index (χ0v) is 14.4. The van der Waals surface area contributed by atoms with Crippen LogP contribution in [-0.2, 0) is 6.54 Å². The number of hydrogen-bond acceptors (Lipinski definition) is 3. The summed E-state index contributed by atoms with van der Waals surface area (Å²) in [6, 6.07) is 7.37. The van der Waals surface area contributed by atoms with Crippen molar-refractivity contribution in [3.05, 3.63) is 46.5 Å². The third-order valence-electron chi connectivity index (χ3n) is 4.74. The van der Waals surface area contributed by atoms with Gasteiger partial charge in [-0.05, 0) is 43.4 Å². The van der Waals surface area contributed by atoms with E-state index in [1.165, 1.54) is 25.7 Å². The van der Waals surface area contributed by atoms with E-state index < -0.39 is 0 Å². The maximum atomic E-state index is 6.49. The Morgan fingerprint density at radius 2 is 1.91 bits per heavy atom. The Kier molecular flexibility index (Phi) is 4.31. The molecule has 4 rings (SSSR count). The number of benzene rings is 1.